The van der Waals surface area contributed by atoms with Gasteiger partial charge in [-0.25, -0.2) is 0 Å². The fourth-order valence-electron chi connectivity index (χ4n) is 2.83. The normalized spacial score (nSPS) is 10.8. The van der Waals surface area contributed by atoms with E-state index < -0.39 is 0 Å². The van der Waals surface area contributed by atoms with E-state index in [1.807, 2.05) is 47.1 Å². The Morgan fingerprint density at radius 1 is 0.913 bits per heavy atom. The van der Waals surface area contributed by atoms with Crippen molar-refractivity contribution in [2.75, 3.05) is 7.11 Å². The molecule has 5 heteroatoms. The lowest BCUT2D eigenvalue weighted by Crippen LogP contribution is -3.00. The molecule has 2 aromatic carbocycles. The van der Waals surface area contributed by atoms with E-state index in [2.05, 4.69) is 0 Å². The van der Waals surface area contributed by atoms with E-state index in [0.717, 1.165) is 27.4 Å². The molecule has 2 aromatic heterocycles. The van der Waals surface area contributed by atoms with Gasteiger partial charge < -0.3 is 31.9 Å². The van der Waals surface area contributed by atoms with Crippen LogP contribution in [0.2, 0.25) is 0 Å². The number of halogens is 1. The molecule has 0 amide bonds. The van der Waals surface area contributed by atoms with E-state index in [9.17, 15) is 10.2 Å². The summed E-state index contributed by atoms with van der Waals surface area (Å²) in [6.45, 7) is 0. The fraction of sp³-hybridized carbons (Fsp3) is 0.0556. The molecule has 4 aromatic rings. The van der Waals surface area contributed by atoms with Crippen LogP contribution < -0.4 is 26.1 Å². The molecule has 2 N–H and O–H groups in total. The van der Waals surface area contributed by atoms with Crippen LogP contribution in [0.5, 0.6) is 17.2 Å². The Morgan fingerprint density at radius 2 is 1.70 bits per heavy atom. The summed E-state index contributed by atoms with van der Waals surface area (Å²) in [5.41, 5.74) is 1.01. The van der Waals surface area contributed by atoms with Crippen molar-refractivity contribution in [1.29, 1.82) is 0 Å². The number of benzene rings is 2. The van der Waals surface area contributed by atoms with E-state index in [-0.39, 0.29) is 28.5 Å². The fourth-order valence-corrected chi connectivity index (χ4v) is 2.83. The topological polar surface area (TPSA) is 53.8 Å². The average molecular weight is 372 g/mol. The number of hydrogen-bond acceptors (Lipinski definition) is 3. The van der Waals surface area contributed by atoms with E-state index in [4.69, 9.17) is 4.74 Å². The van der Waals surface area contributed by atoms with E-state index in [1.165, 1.54) is 6.07 Å². The molecular formula is C18H14BrNO3. The van der Waals surface area contributed by atoms with E-state index >= 15 is 0 Å². The minimum Gasteiger partial charge on any atom is -1.00 e. The zero-order chi connectivity index (χ0) is 15.3. The standard InChI is InChI=1S/C18H13NO3.BrH/c1-22-13-4-2-11-6-7-19-10-15-12(3-5-17(20)18(15)21)8-16(19)14(11)9-13;/h2-10,20H,1H3;1H. The summed E-state index contributed by atoms with van der Waals surface area (Å²) in [6.07, 6.45) is 3.76. The molecule has 0 spiro atoms. The van der Waals surface area contributed by atoms with Gasteiger partial charge in [0.2, 0.25) is 5.52 Å². The number of phenols is 2. The number of ether oxygens (including phenoxy) is 1. The Kier molecular flexibility index (Phi) is 3.74. The van der Waals surface area contributed by atoms with Gasteiger partial charge in [0, 0.05) is 12.1 Å². The summed E-state index contributed by atoms with van der Waals surface area (Å²) in [6, 6.07) is 13.3. The first-order valence-electron chi connectivity index (χ1n) is 6.94. The smallest absolute Gasteiger partial charge is 0.219 e. The lowest BCUT2D eigenvalue weighted by Gasteiger charge is -2.05. The quantitative estimate of drug-likeness (QED) is 0.217. The van der Waals surface area contributed by atoms with Crippen molar-refractivity contribution in [2.45, 2.75) is 0 Å². The van der Waals surface area contributed by atoms with Crippen molar-refractivity contribution in [3.05, 3.63) is 54.9 Å². The number of aromatic nitrogens is 1. The van der Waals surface area contributed by atoms with Crippen LogP contribution in [0, 0.1) is 0 Å². The first-order chi connectivity index (χ1) is 10.7. The zero-order valence-electron chi connectivity index (χ0n) is 12.3. The number of rotatable bonds is 1. The summed E-state index contributed by atoms with van der Waals surface area (Å²) in [7, 11) is 1.65. The molecule has 0 aliphatic carbocycles. The van der Waals surface area contributed by atoms with Crippen molar-refractivity contribution in [3.63, 3.8) is 0 Å². The maximum absolute atomic E-state index is 10.0. The van der Waals surface area contributed by atoms with Gasteiger partial charge in [-0.05, 0) is 35.0 Å². The first kappa shape index (κ1) is 15.4. The number of nitrogens with zero attached hydrogens (tertiary/aromatic N) is 1. The van der Waals surface area contributed by atoms with Crippen molar-refractivity contribution in [2.24, 2.45) is 0 Å². The van der Waals surface area contributed by atoms with Crippen molar-refractivity contribution < 1.29 is 36.3 Å². The Balaban J connectivity index is 0.00000156. The summed E-state index contributed by atoms with van der Waals surface area (Å²) >= 11 is 0. The molecule has 0 atom stereocenters. The maximum Gasteiger partial charge on any atom is 0.219 e. The number of hydrogen-bond donors (Lipinski definition) is 2. The second-order valence-corrected chi connectivity index (χ2v) is 5.27. The third-order valence-corrected chi connectivity index (χ3v) is 4.02. The van der Waals surface area contributed by atoms with E-state index in [1.54, 1.807) is 13.2 Å². The minimum absolute atomic E-state index is 0. The van der Waals surface area contributed by atoms with Gasteiger partial charge in [0.1, 0.15) is 5.75 Å². The highest BCUT2D eigenvalue weighted by molar-refractivity contribution is 5.99. The molecule has 0 aliphatic rings. The van der Waals surface area contributed by atoms with Gasteiger partial charge in [0.05, 0.1) is 17.9 Å². The van der Waals surface area contributed by atoms with Gasteiger partial charge in [0.15, 0.2) is 23.9 Å². The van der Waals surface area contributed by atoms with Gasteiger partial charge in [-0.1, -0.05) is 6.07 Å². The number of aromatic hydroxyl groups is 2. The molecular weight excluding hydrogens is 358 g/mol. The molecule has 0 radical (unpaired) electrons. The number of methoxy groups -OCH3 is 1. The Morgan fingerprint density at radius 3 is 2.48 bits per heavy atom. The summed E-state index contributed by atoms with van der Waals surface area (Å²) in [5.74, 6) is 0.585. The summed E-state index contributed by atoms with van der Waals surface area (Å²) < 4.78 is 7.25. The molecule has 0 aliphatic heterocycles. The summed E-state index contributed by atoms with van der Waals surface area (Å²) in [5, 5.41) is 23.3. The molecule has 23 heavy (non-hydrogen) atoms. The summed E-state index contributed by atoms with van der Waals surface area (Å²) in [4.78, 5) is 0. The molecule has 0 saturated carbocycles. The number of pyridine rings is 2. The lowest BCUT2D eigenvalue weighted by molar-refractivity contribution is -0.509. The first-order valence-corrected chi connectivity index (χ1v) is 6.94. The van der Waals surface area contributed by atoms with Crippen LogP contribution in [0.25, 0.3) is 27.1 Å². The highest BCUT2D eigenvalue weighted by Crippen LogP contribution is 2.33. The lowest BCUT2D eigenvalue weighted by atomic mass is 10.1. The maximum atomic E-state index is 10.0. The Labute approximate surface area is 143 Å². The second kappa shape index (κ2) is 5.59. The van der Waals surface area contributed by atoms with Gasteiger partial charge in [-0.15, -0.1) is 0 Å². The van der Waals surface area contributed by atoms with Crippen LogP contribution in [0.4, 0.5) is 0 Å². The highest BCUT2D eigenvalue weighted by atomic mass is 79.9. The number of phenolic OH excluding ortho intramolecular Hbond substituents is 2. The molecule has 4 rings (SSSR count). The van der Waals surface area contributed by atoms with Crippen LogP contribution in [-0.2, 0) is 0 Å². The van der Waals surface area contributed by atoms with Gasteiger partial charge in [-0.3, -0.25) is 0 Å². The molecule has 2 heterocycles. The Bertz CT molecular complexity index is 1050. The van der Waals surface area contributed by atoms with Crippen LogP contribution in [0.1, 0.15) is 0 Å². The molecule has 0 unspecified atom stereocenters. The Hall–Kier alpha value is -2.53. The monoisotopic (exact) mass is 371 g/mol. The highest BCUT2D eigenvalue weighted by Gasteiger charge is 2.14. The predicted octanol–water partition coefficient (Wildman–Crippen LogP) is 0.156. The zero-order valence-corrected chi connectivity index (χ0v) is 13.9. The van der Waals surface area contributed by atoms with Crippen LogP contribution in [0.3, 0.4) is 0 Å². The van der Waals surface area contributed by atoms with Crippen molar-refractivity contribution in [3.8, 4) is 17.2 Å². The van der Waals surface area contributed by atoms with Crippen molar-refractivity contribution >= 4 is 27.1 Å². The van der Waals surface area contributed by atoms with Crippen LogP contribution in [0.15, 0.2) is 54.9 Å². The van der Waals surface area contributed by atoms with Gasteiger partial charge in [0.25, 0.3) is 0 Å². The van der Waals surface area contributed by atoms with E-state index in [0.29, 0.717) is 5.39 Å². The van der Waals surface area contributed by atoms with Crippen LogP contribution in [-0.4, -0.2) is 17.3 Å². The van der Waals surface area contributed by atoms with Crippen LogP contribution >= 0.6 is 0 Å². The molecule has 116 valence electrons. The SMILES string of the molecule is COc1ccc2cc[n+]3cc4c(O)c(O)ccc4cc3c2c1.[Br-]. The van der Waals surface area contributed by atoms with Gasteiger partial charge in [-0.2, -0.15) is 4.40 Å². The predicted molar refractivity (Wildman–Crippen MR) is 84.5 cm³/mol. The third-order valence-electron chi connectivity index (χ3n) is 4.02. The minimum atomic E-state index is -0.116. The molecule has 4 nitrogen and oxygen atoms in total. The van der Waals surface area contributed by atoms with Gasteiger partial charge >= 0.3 is 0 Å². The molecule has 0 bridgehead atoms. The second-order valence-electron chi connectivity index (χ2n) is 5.27. The van der Waals surface area contributed by atoms with Crippen molar-refractivity contribution in [1.82, 2.24) is 0 Å². The number of fused-ring (bicyclic) bond motifs is 4. The third kappa shape index (κ3) is 2.33. The molecule has 0 fully saturated rings. The largest absolute Gasteiger partial charge is 1.00 e. The average Bonchev–Trinajstić information content (AvgIpc) is 2.56. The molecule has 0 saturated heterocycles.